The molecule has 1 N–H and O–H groups in total. The van der Waals surface area contributed by atoms with Crippen LogP contribution in [-0.4, -0.2) is 23.5 Å². The van der Waals surface area contributed by atoms with Crippen molar-refractivity contribution in [1.29, 1.82) is 5.26 Å². The summed E-state index contributed by atoms with van der Waals surface area (Å²) in [7, 11) is -3.77. The van der Waals surface area contributed by atoms with Gasteiger partial charge >= 0.3 is 0 Å². The predicted octanol–water partition coefficient (Wildman–Crippen LogP) is 1.57. The fraction of sp³-hybridized carbons (Fsp3) is 0.667. The fourth-order valence-electron chi connectivity index (χ4n) is 1.81. The Morgan fingerprint density at radius 2 is 2.00 bits per heavy atom. The second-order valence-electron chi connectivity index (χ2n) is 4.42. The maximum atomic E-state index is 12.3. The standard InChI is InChI=1S/C12H20N4O2S/c1-5-12(6-2,9-13)15-19(17,18)11-8-16(7-3)10(4)14-11/h8,15H,5-7H2,1-4H3. The highest BCUT2D eigenvalue weighted by molar-refractivity contribution is 7.89. The molecular formula is C12H20N4O2S. The maximum absolute atomic E-state index is 12.3. The van der Waals surface area contributed by atoms with Gasteiger partial charge < -0.3 is 4.57 Å². The first kappa shape index (κ1) is 15.7. The van der Waals surface area contributed by atoms with E-state index < -0.39 is 15.6 Å². The lowest BCUT2D eigenvalue weighted by molar-refractivity contribution is 0.445. The van der Waals surface area contributed by atoms with Crippen molar-refractivity contribution in [2.45, 2.75) is 57.6 Å². The predicted molar refractivity (Wildman–Crippen MR) is 71.9 cm³/mol. The molecule has 1 rings (SSSR count). The summed E-state index contributed by atoms with van der Waals surface area (Å²) in [5, 5.41) is 9.16. The number of aryl methyl sites for hydroxylation is 2. The lowest BCUT2D eigenvalue weighted by Gasteiger charge is -2.23. The van der Waals surface area contributed by atoms with E-state index >= 15 is 0 Å². The van der Waals surface area contributed by atoms with Crippen LogP contribution in [0, 0.1) is 18.3 Å². The topological polar surface area (TPSA) is 87.8 Å². The van der Waals surface area contributed by atoms with E-state index in [1.54, 1.807) is 25.3 Å². The van der Waals surface area contributed by atoms with E-state index in [1.165, 1.54) is 6.20 Å². The fourth-order valence-corrected chi connectivity index (χ4v) is 3.29. The SMILES string of the molecule is CCn1cc(S(=O)(=O)NC(C#N)(CC)CC)nc1C. The number of aromatic nitrogens is 2. The molecule has 7 heteroatoms. The van der Waals surface area contributed by atoms with Crippen LogP contribution in [0.2, 0.25) is 0 Å². The molecule has 1 heterocycles. The van der Waals surface area contributed by atoms with Crippen molar-refractivity contribution in [2.24, 2.45) is 0 Å². The number of nitriles is 1. The van der Waals surface area contributed by atoms with E-state index in [1.807, 2.05) is 6.92 Å². The summed E-state index contributed by atoms with van der Waals surface area (Å²) in [6, 6.07) is 2.05. The minimum Gasteiger partial charge on any atom is -0.334 e. The van der Waals surface area contributed by atoms with Crippen LogP contribution in [0.1, 0.15) is 39.4 Å². The second kappa shape index (κ2) is 5.72. The Kier molecular flexibility index (Phi) is 4.71. The monoisotopic (exact) mass is 284 g/mol. The summed E-state index contributed by atoms with van der Waals surface area (Å²) in [6.07, 6.45) is 2.31. The summed E-state index contributed by atoms with van der Waals surface area (Å²) in [5.74, 6) is 0.637. The first-order chi connectivity index (χ1) is 8.84. The number of sulfonamides is 1. The minimum absolute atomic E-state index is 0.0339. The van der Waals surface area contributed by atoms with Crippen LogP contribution in [0.4, 0.5) is 0 Å². The molecule has 106 valence electrons. The van der Waals surface area contributed by atoms with E-state index in [-0.39, 0.29) is 5.03 Å². The lowest BCUT2D eigenvalue weighted by Crippen LogP contribution is -2.46. The van der Waals surface area contributed by atoms with E-state index in [2.05, 4.69) is 15.8 Å². The van der Waals surface area contributed by atoms with Crippen molar-refractivity contribution in [2.75, 3.05) is 0 Å². The molecule has 0 aliphatic carbocycles. The van der Waals surface area contributed by atoms with Crippen molar-refractivity contribution >= 4 is 10.0 Å². The van der Waals surface area contributed by atoms with Crippen LogP contribution in [-0.2, 0) is 16.6 Å². The number of imidazole rings is 1. The summed E-state index contributed by atoms with van der Waals surface area (Å²) in [4.78, 5) is 4.04. The summed E-state index contributed by atoms with van der Waals surface area (Å²) < 4.78 is 28.8. The Bertz CT molecular complexity index is 579. The summed E-state index contributed by atoms with van der Waals surface area (Å²) >= 11 is 0. The Hall–Kier alpha value is -1.39. The van der Waals surface area contributed by atoms with E-state index in [4.69, 9.17) is 0 Å². The Morgan fingerprint density at radius 3 is 2.37 bits per heavy atom. The Labute approximate surface area is 114 Å². The van der Waals surface area contributed by atoms with Gasteiger partial charge in [-0.3, -0.25) is 0 Å². The Morgan fingerprint density at radius 1 is 1.42 bits per heavy atom. The largest absolute Gasteiger partial charge is 0.334 e. The average Bonchev–Trinajstić information content (AvgIpc) is 2.78. The number of hydrogen-bond donors (Lipinski definition) is 1. The van der Waals surface area contributed by atoms with Gasteiger partial charge in [-0.05, 0) is 26.7 Å². The highest BCUT2D eigenvalue weighted by Crippen LogP contribution is 2.18. The number of nitrogens with one attached hydrogen (secondary N) is 1. The lowest BCUT2D eigenvalue weighted by atomic mass is 9.97. The van der Waals surface area contributed by atoms with Gasteiger partial charge in [-0.1, -0.05) is 13.8 Å². The zero-order valence-corrected chi connectivity index (χ0v) is 12.6. The smallest absolute Gasteiger partial charge is 0.260 e. The van der Waals surface area contributed by atoms with Gasteiger partial charge in [0.05, 0.1) is 6.07 Å². The molecule has 1 aromatic heterocycles. The van der Waals surface area contributed by atoms with Crippen LogP contribution in [0.25, 0.3) is 0 Å². The molecular weight excluding hydrogens is 264 g/mol. The molecule has 6 nitrogen and oxygen atoms in total. The van der Waals surface area contributed by atoms with E-state index in [0.29, 0.717) is 25.2 Å². The molecule has 0 spiro atoms. The molecule has 0 saturated heterocycles. The van der Waals surface area contributed by atoms with Crippen LogP contribution in [0.15, 0.2) is 11.2 Å². The average molecular weight is 284 g/mol. The third-order valence-electron chi connectivity index (χ3n) is 3.32. The molecule has 0 atom stereocenters. The molecule has 0 fully saturated rings. The van der Waals surface area contributed by atoms with Gasteiger partial charge in [0.2, 0.25) is 0 Å². The highest BCUT2D eigenvalue weighted by atomic mass is 32.2. The summed E-state index contributed by atoms with van der Waals surface area (Å²) in [5.41, 5.74) is -1.07. The van der Waals surface area contributed by atoms with Crippen LogP contribution < -0.4 is 4.72 Å². The zero-order chi connectivity index (χ0) is 14.7. The molecule has 0 bridgehead atoms. The van der Waals surface area contributed by atoms with Gasteiger partial charge in [-0.15, -0.1) is 0 Å². The first-order valence-electron chi connectivity index (χ1n) is 6.33. The summed E-state index contributed by atoms with van der Waals surface area (Å²) in [6.45, 7) is 7.88. The molecule has 0 radical (unpaired) electrons. The third kappa shape index (κ3) is 3.14. The number of rotatable bonds is 6. The molecule has 19 heavy (non-hydrogen) atoms. The molecule has 0 saturated carbocycles. The van der Waals surface area contributed by atoms with Crippen molar-refractivity contribution in [3.05, 3.63) is 12.0 Å². The van der Waals surface area contributed by atoms with Gasteiger partial charge in [-0.2, -0.15) is 9.98 Å². The van der Waals surface area contributed by atoms with Gasteiger partial charge in [0.15, 0.2) is 5.03 Å². The molecule has 0 aliphatic heterocycles. The van der Waals surface area contributed by atoms with Crippen LogP contribution in [0.3, 0.4) is 0 Å². The quantitative estimate of drug-likeness (QED) is 0.859. The van der Waals surface area contributed by atoms with E-state index in [9.17, 15) is 13.7 Å². The van der Waals surface area contributed by atoms with E-state index in [0.717, 1.165) is 0 Å². The molecule has 0 aromatic carbocycles. The minimum atomic E-state index is -3.77. The van der Waals surface area contributed by atoms with Gasteiger partial charge in [-0.25, -0.2) is 13.4 Å². The maximum Gasteiger partial charge on any atom is 0.260 e. The van der Waals surface area contributed by atoms with Gasteiger partial charge in [0.1, 0.15) is 11.4 Å². The zero-order valence-electron chi connectivity index (χ0n) is 11.8. The van der Waals surface area contributed by atoms with Crippen molar-refractivity contribution in [1.82, 2.24) is 14.3 Å². The number of nitrogens with zero attached hydrogens (tertiary/aromatic N) is 3. The molecule has 0 amide bonds. The molecule has 1 aromatic rings. The van der Waals surface area contributed by atoms with Crippen LogP contribution >= 0.6 is 0 Å². The van der Waals surface area contributed by atoms with Crippen molar-refractivity contribution in [3.8, 4) is 6.07 Å². The van der Waals surface area contributed by atoms with Crippen LogP contribution in [0.5, 0.6) is 0 Å². The van der Waals surface area contributed by atoms with Gasteiger partial charge in [0, 0.05) is 12.7 Å². The van der Waals surface area contributed by atoms with Crippen molar-refractivity contribution in [3.63, 3.8) is 0 Å². The molecule has 0 aliphatic rings. The second-order valence-corrected chi connectivity index (χ2v) is 6.05. The third-order valence-corrected chi connectivity index (χ3v) is 4.73. The van der Waals surface area contributed by atoms with Crippen molar-refractivity contribution < 1.29 is 8.42 Å². The Balaban J connectivity index is 3.14. The van der Waals surface area contributed by atoms with Gasteiger partial charge in [0.25, 0.3) is 10.0 Å². The normalized spacial score (nSPS) is 12.4. The molecule has 0 unspecified atom stereocenters. The first-order valence-corrected chi connectivity index (χ1v) is 7.81. The number of hydrogen-bond acceptors (Lipinski definition) is 4. The highest BCUT2D eigenvalue weighted by Gasteiger charge is 2.33.